The molecule has 8 heteroatoms. The summed E-state index contributed by atoms with van der Waals surface area (Å²) in [6, 6.07) is 20.0. The van der Waals surface area contributed by atoms with Crippen molar-refractivity contribution in [2.75, 3.05) is 17.5 Å². The van der Waals surface area contributed by atoms with Crippen LogP contribution in [-0.4, -0.2) is 27.5 Å². The predicted octanol–water partition coefficient (Wildman–Crippen LogP) is 5.12. The average Bonchev–Trinajstić information content (AvgIpc) is 2.79. The predicted molar refractivity (Wildman–Crippen MR) is 131 cm³/mol. The summed E-state index contributed by atoms with van der Waals surface area (Å²) in [5.41, 5.74) is 1.92. The molecular weight excluding hydrogens is 460 g/mol. The standard InChI is InChI=1S/C25H27ClN2O4S/c1-4-32-22-13-10-20(11-14-22)19(3)27-25(29)17-28(24-15-12-21(26)16-18(24)2)33(30,31)23-8-6-5-7-9-23/h5-16,19H,4,17H2,1-3H3,(H,27,29)/t19-/m0/s1. The monoisotopic (exact) mass is 486 g/mol. The van der Waals surface area contributed by atoms with Crippen LogP contribution >= 0.6 is 11.6 Å². The van der Waals surface area contributed by atoms with Gasteiger partial charge in [-0.1, -0.05) is 41.9 Å². The Morgan fingerprint density at radius 3 is 2.33 bits per heavy atom. The van der Waals surface area contributed by atoms with E-state index in [1.54, 1.807) is 43.3 Å². The Balaban J connectivity index is 1.86. The highest BCUT2D eigenvalue weighted by Crippen LogP contribution is 2.29. The number of hydrogen-bond acceptors (Lipinski definition) is 4. The lowest BCUT2D eigenvalue weighted by Gasteiger charge is -2.26. The Labute approximate surface area is 200 Å². The number of amides is 1. The van der Waals surface area contributed by atoms with Gasteiger partial charge in [-0.05, 0) is 74.4 Å². The highest BCUT2D eigenvalue weighted by atomic mass is 35.5. The number of carbonyl (C=O) groups excluding carboxylic acids is 1. The number of halogens is 1. The maximum Gasteiger partial charge on any atom is 0.264 e. The molecule has 3 aromatic carbocycles. The number of nitrogens with one attached hydrogen (secondary N) is 1. The van der Waals surface area contributed by atoms with Crippen molar-refractivity contribution in [1.29, 1.82) is 0 Å². The van der Waals surface area contributed by atoms with Gasteiger partial charge in [-0.15, -0.1) is 0 Å². The molecule has 0 aliphatic carbocycles. The summed E-state index contributed by atoms with van der Waals surface area (Å²) < 4.78 is 33.5. The molecule has 0 aromatic heterocycles. The molecule has 0 saturated carbocycles. The van der Waals surface area contributed by atoms with Gasteiger partial charge in [0.15, 0.2) is 0 Å². The number of hydrogen-bond donors (Lipinski definition) is 1. The molecule has 0 aliphatic rings. The largest absolute Gasteiger partial charge is 0.494 e. The van der Waals surface area contributed by atoms with Crippen molar-refractivity contribution in [3.8, 4) is 5.75 Å². The number of nitrogens with zero attached hydrogens (tertiary/aromatic N) is 1. The van der Waals surface area contributed by atoms with Crippen LogP contribution in [0.15, 0.2) is 77.7 Å². The Morgan fingerprint density at radius 1 is 1.06 bits per heavy atom. The first-order chi connectivity index (χ1) is 15.7. The molecule has 0 bridgehead atoms. The summed E-state index contributed by atoms with van der Waals surface area (Å²) in [5, 5.41) is 3.38. The van der Waals surface area contributed by atoms with Crippen molar-refractivity contribution in [3.63, 3.8) is 0 Å². The number of benzene rings is 3. The first-order valence-electron chi connectivity index (χ1n) is 10.6. The minimum atomic E-state index is -3.98. The molecule has 0 spiro atoms. The molecule has 6 nitrogen and oxygen atoms in total. The highest BCUT2D eigenvalue weighted by Gasteiger charge is 2.28. The molecule has 0 aliphatic heterocycles. The van der Waals surface area contributed by atoms with Crippen molar-refractivity contribution < 1.29 is 17.9 Å². The third-order valence-electron chi connectivity index (χ3n) is 5.11. The lowest BCUT2D eigenvalue weighted by atomic mass is 10.1. The second kappa shape index (κ2) is 10.7. The Hall–Kier alpha value is -3.03. The summed E-state index contributed by atoms with van der Waals surface area (Å²) >= 11 is 6.07. The summed E-state index contributed by atoms with van der Waals surface area (Å²) in [7, 11) is -3.98. The van der Waals surface area contributed by atoms with E-state index in [1.165, 1.54) is 12.1 Å². The van der Waals surface area contributed by atoms with Crippen LogP contribution in [0.5, 0.6) is 5.75 Å². The number of anilines is 1. The molecule has 0 unspecified atom stereocenters. The molecule has 3 aromatic rings. The zero-order chi connectivity index (χ0) is 24.0. The SMILES string of the molecule is CCOc1ccc([C@H](C)NC(=O)CN(c2ccc(Cl)cc2C)S(=O)(=O)c2ccccc2)cc1. The van der Waals surface area contributed by atoms with Crippen LogP contribution in [0.2, 0.25) is 5.02 Å². The van der Waals surface area contributed by atoms with Gasteiger partial charge in [0.25, 0.3) is 10.0 Å². The molecule has 3 rings (SSSR count). The van der Waals surface area contributed by atoms with Gasteiger partial charge in [0, 0.05) is 5.02 Å². The third kappa shape index (κ3) is 6.06. The Morgan fingerprint density at radius 2 is 1.73 bits per heavy atom. The molecule has 1 atom stereocenters. The van der Waals surface area contributed by atoms with Crippen molar-refractivity contribution in [1.82, 2.24) is 5.32 Å². The maximum absolute atomic E-state index is 13.5. The van der Waals surface area contributed by atoms with Crippen molar-refractivity contribution >= 4 is 33.2 Å². The Kier molecular flexibility index (Phi) is 8.00. The van der Waals surface area contributed by atoms with E-state index in [1.807, 2.05) is 38.1 Å². The van der Waals surface area contributed by atoms with Crippen LogP contribution in [-0.2, 0) is 14.8 Å². The number of ether oxygens (including phenoxy) is 1. The smallest absolute Gasteiger partial charge is 0.264 e. The van der Waals surface area contributed by atoms with Crippen LogP contribution in [0.3, 0.4) is 0 Å². The normalized spacial score (nSPS) is 12.1. The van der Waals surface area contributed by atoms with Gasteiger partial charge in [0.2, 0.25) is 5.91 Å². The second-order valence-electron chi connectivity index (χ2n) is 7.55. The maximum atomic E-state index is 13.5. The second-order valence-corrected chi connectivity index (χ2v) is 9.85. The van der Waals surface area contributed by atoms with Crippen molar-refractivity contribution in [2.24, 2.45) is 0 Å². The van der Waals surface area contributed by atoms with Crippen LogP contribution in [0.25, 0.3) is 0 Å². The Bertz CT molecular complexity index is 1200. The van der Waals surface area contributed by atoms with Crippen molar-refractivity contribution in [3.05, 3.63) is 88.9 Å². The fourth-order valence-corrected chi connectivity index (χ4v) is 5.17. The zero-order valence-electron chi connectivity index (χ0n) is 18.8. The van der Waals surface area contributed by atoms with Crippen LogP contribution in [0.4, 0.5) is 5.69 Å². The van der Waals surface area contributed by atoms with Gasteiger partial charge < -0.3 is 10.1 Å². The molecule has 0 saturated heterocycles. The van der Waals surface area contributed by atoms with Crippen LogP contribution in [0, 0.1) is 6.92 Å². The number of carbonyl (C=O) groups is 1. The first kappa shape index (κ1) is 24.6. The topological polar surface area (TPSA) is 75.7 Å². The summed E-state index contributed by atoms with van der Waals surface area (Å²) in [6.07, 6.45) is 0. The number of aryl methyl sites for hydroxylation is 1. The quantitative estimate of drug-likeness (QED) is 0.455. The van der Waals surface area contributed by atoms with Gasteiger partial charge >= 0.3 is 0 Å². The third-order valence-corrected chi connectivity index (χ3v) is 7.12. The summed E-state index contributed by atoms with van der Waals surface area (Å²) in [4.78, 5) is 13.1. The first-order valence-corrected chi connectivity index (χ1v) is 12.4. The molecule has 174 valence electrons. The molecule has 0 heterocycles. The van der Waals surface area contributed by atoms with E-state index in [0.717, 1.165) is 15.6 Å². The van der Waals surface area contributed by atoms with Gasteiger partial charge in [-0.25, -0.2) is 8.42 Å². The minimum absolute atomic E-state index is 0.103. The minimum Gasteiger partial charge on any atom is -0.494 e. The summed E-state index contributed by atoms with van der Waals surface area (Å²) in [5.74, 6) is 0.323. The highest BCUT2D eigenvalue weighted by molar-refractivity contribution is 7.92. The van der Waals surface area contributed by atoms with Crippen molar-refractivity contribution in [2.45, 2.75) is 31.7 Å². The van der Waals surface area contributed by atoms with Crippen LogP contribution in [0.1, 0.15) is 31.0 Å². The molecule has 0 radical (unpaired) electrons. The van der Waals surface area contributed by atoms with Gasteiger partial charge in [0.1, 0.15) is 12.3 Å². The van der Waals surface area contributed by atoms with Crippen LogP contribution < -0.4 is 14.4 Å². The zero-order valence-corrected chi connectivity index (χ0v) is 20.4. The van der Waals surface area contributed by atoms with E-state index >= 15 is 0 Å². The van der Waals surface area contributed by atoms with E-state index in [0.29, 0.717) is 22.9 Å². The molecule has 1 amide bonds. The average molecular weight is 487 g/mol. The number of sulfonamides is 1. The van der Waals surface area contributed by atoms with E-state index in [9.17, 15) is 13.2 Å². The summed E-state index contributed by atoms with van der Waals surface area (Å²) in [6.45, 7) is 5.71. The van der Waals surface area contributed by atoms with E-state index < -0.39 is 15.9 Å². The lowest BCUT2D eigenvalue weighted by Crippen LogP contribution is -2.41. The van der Waals surface area contributed by atoms with E-state index in [2.05, 4.69) is 5.32 Å². The number of rotatable bonds is 9. The fraction of sp³-hybridized carbons (Fsp3) is 0.240. The van der Waals surface area contributed by atoms with E-state index in [4.69, 9.17) is 16.3 Å². The fourth-order valence-electron chi connectivity index (χ4n) is 3.44. The lowest BCUT2D eigenvalue weighted by molar-refractivity contribution is -0.120. The van der Waals surface area contributed by atoms with Gasteiger partial charge in [-0.2, -0.15) is 0 Å². The van der Waals surface area contributed by atoms with Gasteiger partial charge in [-0.3, -0.25) is 9.10 Å². The van der Waals surface area contributed by atoms with E-state index in [-0.39, 0.29) is 17.5 Å². The molecule has 1 N–H and O–H groups in total. The molecule has 0 fully saturated rings. The molecule has 33 heavy (non-hydrogen) atoms. The van der Waals surface area contributed by atoms with Gasteiger partial charge in [0.05, 0.1) is 23.2 Å². The molecular formula is C25H27ClN2O4S.